The van der Waals surface area contributed by atoms with E-state index in [-0.39, 0.29) is 16.9 Å². The molecule has 180 valence electrons. The number of aryl methyl sites for hydroxylation is 2. The van der Waals surface area contributed by atoms with Crippen molar-refractivity contribution in [1.82, 2.24) is 24.8 Å². The lowest BCUT2D eigenvalue weighted by molar-refractivity contribution is -0.116. The summed E-state index contributed by atoms with van der Waals surface area (Å²) in [5.41, 5.74) is 6.30. The van der Waals surface area contributed by atoms with Crippen molar-refractivity contribution in [3.05, 3.63) is 71.0 Å². The Morgan fingerprint density at radius 2 is 2.09 bits per heavy atom. The summed E-state index contributed by atoms with van der Waals surface area (Å²) < 4.78 is 1.93. The number of carbonyl (C=O) groups excluding carboxylic acids is 1. The molecule has 0 saturated heterocycles. The number of nitrogens with zero attached hydrogens (tertiary/aromatic N) is 4. The van der Waals surface area contributed by atoms with Crippen molar-refractivity contribution in [3.63, 3.8) is 0 Å². The van der Waals surface area contributed by atoms with Crippen molar-refractivity contribution in [2.75, 3.05) is 0 Å². The van der Waals surface area contributed by atoms with Crippen LogP contribution < -0.4 is 5.32 Å². The van der Waals surface area contributed by atoms with E-state index in [2.05, 4.69) is 75.3 Å². The summed E-state index contributed by atoms with van der Waals surface area (Å²) in [6.07, 6.45) is 15.4. The molecule has 34 heavy (non-hydrogen) atoms. The summed E-state index contributed by atoms with van der Waals surface area (Å²) in [5, 5.41) is 9.67. The van der Waals surface area contributed by atoms with Gasteiger partial charge in [-0.2, -0.15) is 5.10 Å². The van der Waals surface area contributed by atoms with Crippen LogP contribution in [-0.4, -0.2) is 42.8 Å². The van der Waals surface area contributed by atoms with E-state index in [0.29, 0.717) is 8.58 Å². The molecule has 0 fully saturated rings. The average Bonchev–Trinajstić information content (AvgIpc) is 3.18. The van der Waals surface area contributed by atoms with Gasteiger partial charge in [0.25, 0.3) is 0 Å². The zero-order valence-corrected chi connectivity index (χ0v) is 22.3. The van der Waals surface area contributed by atoms with Gasteiger partial charge in [-0.3, -0.25) is 9.78 Å². The summed E-state index contributed by atoms with van der Waals surface area (Å²) in [4.78, 5) is 18.6. The Hall–Kier alpha value is -2.56. The van der Waals surface area contributed by atoms with Gasteiger partial charge in [0, 0.05) is 17.3 Å². The molecule has 2 aliphatic heterocycles. The number of hydrogen-bond acceptors (Lipinski definition) is 4. The molecule has 7 heteroatoms. The Morgan fingerprint density at radius 1 is 1.32 bits per heavy atom. The highest BCUT2D eigenvalue weighted by Gasteiger charge is 2.33. The van der Waals surface area contributed by atoms with Gasteiger partial charge in [-0.05, 0) is 76.9 Å². The van der Waals surface area contributed by atoms with Crippen LogP contribution in [0.3, 0.4) is 0 Å². The van der Waals surface area contributed by atoms with Gasteiger partial charge in [0.1, 0.15) is 0 Å². The Bertz CT molecular complexity index is 1230. The van der Waals surface area contributed by atoms with Crippen molar-refractivity contribution < 1.29 is 4.79 Å². The molecule has 2 unspecified atom stereocenters. The van der Waals surface area contributed by atoms with Crippen LogP contribution in [-0.2, 0) is 11.2 Å². The molecule has 2 atom stereocenters. The minimum atomic E-state index is -0.0951. The molecule has 0 aliphatic carbocycles. The first-order valence-electron chi connectivity index (χ1n) is 12.0. The molecule has 1 N–H and O–H groups in total. The Morgan fingerprint density at radius 3 is 2.74 bits per heavy atom. The van der Waals surface area contributed by atoms with Gasteiger partial charge in [0.15, 0.2) is 0 Å². The fourth-order valence-corrected chi connectivity index (χ4v) is 6.36. The summed E-state index contributed by atoms with van der Waals surface area (Å²) in [6, 6.07) is 2.12. The molecule has 0 bridgehead atoms. The Labute approximate surface area is 204 Å². The third-order valence-electron chi connectivity index (χ3n) is 6.24. The van der Waals surface area contributed by atoms with Crippen LogP contribution in [0.5, 0.6) is 0 Å². The second kappa shape index (κ2) is 9.24. The lowest BCUT2D eigenvalue weighted by Crippen LogP contribution is -2.54. The smallest absolute Gasteiger partial charge is 0.214 e. The zero-order chi connectivity index (χ0) is 24.7. The Kier molecular flexibility index (Phi) is 6.67. The first-order chi connectivity index (χ1) is 16.0. The maximum absolute atomic E-state index is 12.1. The average molecular weight is 478 g/mol. The lowest BCUT2D eigenvalue weighted by Gasteiger charge is -2.42. The maximum Gasteiger partial charge on any atom is 0.214 e. The number of nitrogens with one attached hydrogen (secondary N) is 1. The molecule has 0 saturated carbocycles. The molecule has 4 rings (SSSR count). The van der Waals surface area contributed by atoms with Gasteiger partial charge in [0.05, 0.1) is 34.6 Å². The van der Waals surface area contributed by atoms with E-state index >= 15 is 0 Å². The number of rotatable bonds is 6. The Balaban J connectivity index is 1.59. The van der Waals surface area contributed by atoms with Crippen molar-refractivity contribution in [1.29, 1.82) is 0 Å². The third kappa shape index (κ3) is 5.08. The monoisotopic (exact) mass is 477 g/mol. The van der Waals surface area contributed by atoms with E-state index in [9.17, 15) is 4.79 Å². The first-order valence-corrected chi connectivity index (χ1v) is 13.1. The van der Waals surface area contributed by atoms with E-state index in [1.807, 2.05) is 30.8 Å². The number of fused-ring (bicyclic) bond motifs is 1. The van der Waals surface area contributed by atoms with Crippen LogP contribution in [0, 0.1) is 6.92 Å². The molecular formula is C27H36N5OP. The molecule has 0 aromatic carbocycles. The summed E-state index contributed by atoms with van der Waals surface area (Å²) >= 11 is 0. The van der Waals surface area contributed by atoms with Gasteiger partial charge >= 0.3 is 0 Å². The highest BCUT2D eigenvalue weighted by molar-refractivity contribution is 7.51. The van der Waals surface area contributed by atoms with E-state index in [1.165, 1.54) is 5.57 Å². The largest absolute Gasteiger partial charge is 0.310 e. The number of aromatic nitrogens is 3. The fourth-order valence-electron chi connectivity index (χ4n) is 5.13. The maximum atomic E-state index is 12.1. The lowest BCUT2D eigenvalue weighted by atomic mass is 9.80. The highest BCUT2D eigenvalue weighted by Crippen LogP contribution is 2.42. The van der Waals surface area contributed by atoms with Crippen LogP contribution in [0.4, 0.5) is 0 Å². The van der Waals surface area contributed by atoms with E-state index in [0.717, 1.165) is 52.7 Å². The molecule has 4 heterocycles. The molecular weight excluding hydrogens is 441 g/mol. The number of allylic oxidation sites excluding steroid dienone is 3. The number of carbonyl (C=O) groups is 1. The quantitative estimate of drug-likeness (QED) is 0.450. The topological polar surface area (TPSA) is 62.5 Å². The van der Waals surface area contributed by atoms with Crippen molar-refractivity contribution >= 4 is 25.8 Å². The second-order valence-electron chi connectivity index (χ2n) is 10.4. The van der Waals surface area contributed by atoms with Gasteiger partial charge < -0.3 is 10.2 Å². The normalized spacial score (nSPS) is 22.4. The van der Waals surface area contributed by atoms with E-state index < -0.39 is 0 Å². The summed E-state index contributed by atoms with van der Waals surface area (Å²) in [7, 11) is 0.389. The molecule has 1 amide bonds. The van der Waals surface area contributed by atoms with Crippen molar-refractivity contribution in [2.24, 2.45) is 0 Å². The van der Waals surface area contributed by atoms with Crippen LogP contribution in [0.25, 0.3) is 10.8 Å². The van der Waals surface area contributed by atoms with Crippen LogP contribution in [0.15, 0.2) is 53.9 Å². The standard InChI is InChI=1S/C27H36N5OP/c1-8-21-23-12-22(29-32(23)15-18(3)28-21)24(9-2)34-25-11-10-19(16-31(25)17-33)20-13-26(4,5)30-27(6,7)14-20/h9-13,15-17,25,30,34H,8,14H2,1-7H3/b24-9-. The first kappa shape index (κ1) is 24.6. The van der Waals surface area contributed by atoms with Crippen LogP contribution in [0.2, 0.25) is 0 Å². The van der Waals surface area contributed by atoms with E-state index in [1.54, 1.807) is 4.90 Å². The highest BCUT2D eigenvalue weighted by atomic mass is 31.1. The molecule has 2 aliphatic rings. The number of amides is 1. The molecule has 0 spiro atoms. The minimum Gasteiger partial charge on any atom is -0.310 e. The minimum absolute atomic E-state index is 0.00132. The predicted molar refractivity (Wildman–Crippen MR) is 142 cm³/mol. The van der Waals surface area contributed by atoms with E-state index in [4.69, 9.17) is 5.10 Å². The fraction of sp³-hybridized carbons (Fsp3) is 0.444. The molecule has 2 aromatic rings. The van der Waals surface area contributed by atoms with Crippen molar-refractivity contribution in [2.45, 2.75) is 78.2 Å². The van der Waals surface area contributed by atoms with Gasteiger partial charge in [0.2, 0.25) is 6.41 Å². The molecule has 6 nitrogen and oxygen atoms in total. The van der Waals surface area contributed by atoms with Gasteiger partial charge in [-0.15, -0.1) is 0 Å². The van der Waals surface area contributed by atoms with Crippen molar-refractivity contribution in [3.8, 4) is 0 Å². The SMILES string of the molecule is C/C=C(\PC1C=CC(C2=CC(C)(C)NC(C)(C)C2)=CN1C=O)c1cc2c(CC)nc(C)cn2n1. The molecule has 2 aromatic heterocycles. The summed E-state index contributed by atoms with van der Waals surface area (Å²) in [5.74, 6) is -0.0221. The third-order valence-corrected chi connectivity index (χ3v) is 7.88. The number of hydrogen-bond donors (Lipinski definition) is 1. The zero-order valence-electron chi connectivity index (χ0n) is 21.3. The van der Waals surface area contributed by atoms with Crippen LogP contribution in [0.1, 0.15) is 65.0 Å². The second-order valence-corrected chi connectivity index (χ2v) is 11.8. The van der Waals surface area contributed by atoms with Crippen LogP contribution >= 0.6 is 8.58 Å². The predicted octanol–water partition coefficient (Wildman–Crippen LogP) is 5.35. The molecule has 0 radical (unpaired) electrons. The van der Waals surface area contributed by atoms with Gasteiger partial charge in [-0.25, -0.2) is 4.52 Å². The van der Waals surface area contributed by atoms with Gasteiger partial charge in [-0.1, -0.05) is 39.8 Å². The summed E-state index contributed by atoms with van der Waals surface area (Å²) in [6.45, 7) is 15.0.